The Morgan fingerprint density at radius 3 is 2.68 bits per heavy atom. The van der Waals surface area contributed by atoms with Crippen LogP contribution in [-0.4, -0.2) is 45.0 Å². The zero-order valence-corrected chi connectivity index (χ0v) is 12.4. The van der Waals surface area contributed by atoms with Crippen molar-refractivity contribution in [1.82, 2.24) is 10.3 Å². The van der Waals surface area contributed by atoms with Gasteiger partial charge >= 0.3 is 0 Å². The molecule has 2 unspecified atom stereocenters. The second-order valence-corrected chi connectivity index (χ2v) is 7.36. The van der Waals surface area contributed by atoms with Gasteiger partial charge in [0.15, 0.2) is 9.84 Å². The Kier molecular flexibility index (Phi) is 4.10. The Hall–Kier alpha value is -1.14. The smallest absolute Gasteiger partial charge is 0.152 e. The van der Waals surface area contributed by atoms with Gasteiger partial charge in [-0.3, -0.25) is 0 Å². The molecule has 1 aliphatic heterocycles. The molecule has 2 heterocycles. The topological polar surface area (TPSA) is 62.3 Å². The fourth-order valence-corrected chi connectivity index (χ4v) is 4.07. The summed E-state index contributed by atoms with van der Waals surface area (Å²) >= 11 is 0. The number of hydrogen-bond acceptors (Lipinski definition) is 5. The van der Waals surface area contributed by atoms with Gasteiger partial charge in [-0.05, 0) is 32.0 Å². The highest BCUT2D eigenvalue weighted by atomic mass is 32.2. The molecular formula is C13H21N3O2S. The molecular weight excluding hydrogens is 262 g/mol. The van der Waals surface area contributed by atoms with Crippen LogP contribution in [0, 0.1) is 0 Å². The second-order valence-electron chi connectivity index (χ2n) is 5.13. The van der Waals surface area contributed by atoms with Crippen LogP contribution in [0.15, 0.2) is 18.3 Å². The van der Waals surface area contributed by atoms with E-state index in [0.29, 0.717) is 6.42 Å². The number of nitrogens with zero attached hydrogens (tertiary/aromatic N) is 2. The molecule has 1 aromatic rings. The van der Waals surface area contributed by atoms with Crippen LogP contribution in [0.5, 0.6) is 0 Å². The summed E-state index contributed by atoms with van der Waals surface area (Å²) in [5, 5.41) is 3.16. The lowest BCUT2D eigenvalue weighted by molar-refractivity contribution is 0.600. The number of rotatable bonds is 4. The van der Waals surface area contributed by atoms with E-state index >= 15 is 0 Å². The monoisotopic (exact) mass is 283 g/mol. The van der Waals surface area contributed by atoms with Crippen LogP contribution in [0.3, 0.4) is 0 Å². The molecule has 0 spiro atoms. The number of aromatic nitrogens is 1. The summed E-state index contributed by atoms with van der Waals surface area (Å²) in [6.45, 7) is 2.07. The Morgan fingerprint density at radius 1 is 1.47 bits per heavy atom. The van der Waals surface area contributed by atoms with Gasteiger partial charge in [-0.25, -0.2) is 13.4 Å². The summed E-state index contributed by atoms with van der Waals surface area (Å²) in [4.78, 5) is 6.40. The van der Waals surface area contributed by atoms with Crippen molar-refractivity contribution in [3.8, 4) is 0 Å². The number of hydrogen-bond donors (Lipinski definition) is 1. The first kappa shape index (κ1) is 14.3. The summed E-state index contributed by atoms with van der Waals surface area (Å²) in [6.07, 6.45) is 2.53. The van der Waals surface area contributed by atoms with Gasteiger partial charge in [0.2, 0.25) is 0 Å². The largest absolute Gasteiger partial charge is 0.356 e. The van der Waals surface area contributed by atoms with Crippen LogP contribution in [0.4, 0.5) is 5.82 Å². The van der Waals surface area contributed by atoms with Gasteiger partial charge in [-0.2, -0.15) is 0 Å². The van der Waals surface area contributed by atoms with E-state index in [9.17, 15) is 8.42 Å². The third kappa shape index (κ3) is 3.25. The highest BCUT2D eigenvalue weighted by molar-refractivity contribution is 7.91. The fraction of sp³-hybridized carbons (Fsp3) is 0.615. The predicted octanol–water partition coefficient (Wildman–Crippen LogP) is 0.985. The lowest BCUT2D eigenvalue weighted by Gasteiger charge is -2.24. The molecule has 1 fully saturated rings. The SMILES string of the molecule is CNC(C)c1ccc(N(C)C2CCS(=O)(=O)C2)nc1. The maximum absolute atomic E-state index is 11.5. The first-order valence-corrected chi connectivity index (χ1v) is 8.31. The van der Waals surface area contributed by atoms with E-state index in [4.69, 9.17) is 0 Å². The zero-order chi connectivity index (χ0) is 14.0. The van der Waals surface area contributed by atoms with Crippen LogP contribution in [-0.2, 0) is 9.84 Å². The minimum Gasteiger partial charge on any atom is -0.356 e. The first-order valence-electron chi connectivity index (χ1n) is 6.49. The lowest BCUT2D eigenvalue weighted by Crippen LogP contribution is -2.33. The molecule has 1 aliphatic rings. The van der Waals surface area contributed by atoms with Crippen molar-refractivity contribution in [3.05, 3.63) is 23.9 Å². The van der Waals surface area contributed by atoms with Crippen molar-refractivity contribution in [1.29, 1.82) is 0 Å². The normalized spacial score (nSPS) is 23.2. The molecule has 106 valence electrons. The molecule has 1 aromatic heterocycles. The molecule has 2 atom stereocenters. The molecule has 19 heavy (non-hydrogen) atoms. The standard InChI is InChI=1S/C13H21N3O2S/c1-10(14-2)11-4-5-13(15-8-11)16(3)12-6-7-19(17,18)9-12/h4-5,8,10,12,14H,6-7,9H2,1-3H3. The molecule has 0 saturated carbocycles. The summed E-state index contributed by atoms with van der Waals surface area (Å²) in [5.41, 5.74) is 1.12. The zero-order valence-electron chi connectivity index (χ0n) is 11.6. The summed E-state index contributed by atoms with van der Waals surface area (Å²) in [6, 6.07) is 4.29. The van der Waals surface area contributed by atoms with Crippen molar-refractivity contribution in [2.45, 2.75) is 25.4 Å². The minimum absolute atomic E-state index is 0.0464. The highest BCUT2D eigenvalue weighted by Gasteiger charge is 2.31. The van der Waals surface area contributed by atoms with Crippen molar-refractivity contribution < 1.29 is 8.42 Å². The molecule has 1 saturated heterocycles. The summed E-state index contributed by atoms with van der Waals surface area (Å²) in [5.74, 6) is 1.35. The molecule has 2 rings (SSSR count). The van der Waals surface area contributed by atoms with Crippen LogP contribution in [0.25, 0.3) is 0 Å². The van der Waals surface area contributed by atoms with Crippen molar-refractivity contribution in [2.24, 2.45) is 0 Å². The van der Waals surface area contributed by atoms with Crippen LogP contribution in [0.1, 0.15) is 24.9 Å². The van der Waals surface area contributed by atoms with Gasteiger partial charge < -0.3 is 10.2 Å². The summed E-state index contributed by atoms with van der Waals surface area (Å²) in [7, 11) is 0.969. The highest BCUT2D eigenvalue weighted by Crippen LogP contribution is 2.22. The van der Waals surface area contributed by atoms with Crippen LogP contribution >= 0.6 is 0 Å². The number of anilines is 1. The average molecular weight is 283 g/mol. The van der Waals surface area contributed by atoms with Crippen LogP contribution in [0.2, 0.25) is 0 Å². The molecule has 6 heteroatoms. The molecule has 0 radical (unpaired) electrons. The first-order chi connectivity index (χ1) is 8.93. The van der Waals surface area contributed by atoms with Gasteiger partial charge in [0.25, 0.3) is 0 Å². The fourth-order valence-electron chi connectivity index (χ4n) is 2.30. The Bertz CT molecular complexity index is 527. The van der Waals surface area contributed by atoms with Crippen molar-refractivity contribution in [3.63, 3.8) is 0 Å². The number of nitrogens with one attached hydrogen (secondary N) is 1. The van der Waals surface area contributed by atoms with E-state index in [1.54, 1.807) is 0 Å². The lowest BCUT2D eigenvalue weighted by atomic mass is 10.1. The molecule has 5 nitrogen and oxygen atoms in total. The van der Waals surface area contributed by atoms with E-state index < -0.39 is 9.84 Å². The van der Waals surface area contributed by atoms with Crippen molar-refractivity contribution >= 4 is 15.7 Å². The average Bonchev–Trinajstić information content (AvgIpc) is 2.77. The molecule has 0 aromatic carbocycles. The predicted molar refractivity (Wildman–Crippen MR) is 77.2 cm³/mol. The van der Waals surface area contributed by atoms with Gasteiger partial charge in [-0.1, -0.05) is 6.07 Å². The Morgan fingerprint density at radius 2 is 2.21 bits per heavy atom. The maximum atomic E-state index is 11.5. The van der Waals surface area contributed by atoms with E-state index in [2.05, 4.69) is 17.2 Å². The third-order valence-electron chi connectivity index (χ3n) is 3.82. The molecule has 0 bridgehead atoms. The molecule has 0 aliphatic carbocycles. The van der Waals surface area contributed by atoms with E-state index in [-0.39, 0.29) is 23.6 Å². The van der Waals surface area contributed by atoms with Gasteiger partial charge in [0, 0.05) is 25.3 Å². The van der Waals surface area contributed by atoms with Gasteiger partial charge in [0.1, 0.15) is 5.82 Å². The van der Waals surface area contributed by atoms with Gasteiger partial charge in [-0.15, -0.1) is 0 Å². The van der Waals surface area contributed by atoms with Gasteiger partial charge in [0.05, 0.1) is 11.5 Å². The minimum atomic E-state index is -2.85. The van der Waals surface area contributed by atoms with E-state index in [1.165, 1.54) is 0 Å². The maximum Gasteiger partial charge on any atom is 0.152 e. The second kappa shape index (κ2) is 5.46. The quantitative estimate of drug-likeness (QED) is 0.892. The Balaban J connectivity index is 2.10. The van der Waals surface area contributed by atoms with E-state index in [0.717, 1.165) is 11.4 Å². The Labute approximate surface area is 114 Å². The van der Waals surface area contributed by atoms with Crippen LogP contribution < -0.4 is 10.2 Å². The molecule has 0 amide bonds. The number of pyridine rings is 1. The van der Waals surface area contributed by atoms with E-state index in [1.807, 2.05) is 37.3 Å². The molecule has 1 N–H and O–H groups in total. The van der Waals surface area contributed by atoms with Crippen molar-refractivity contribution in [2.75, 3.05) is 30.5 Å². The third-order valence-corrected chi connectivity index (χ3v) is 5.57. The number of sulfone groups is 1. The summed E-state index contributed by atoms with van der Waals surface area (Å²) < 4.78 is 23.0.